The third kappa shape index (κ3) is 3.86. The number of aryl methyl sites for hydroxylation is 1. The maximum atomic E-state index is 13.0. The molecular formula is C18H19ClN2O3S. The van der Waals surface area contributed by atoms with E-state index in [9.17, 15) is 13.2 Å². The molecule has 1 fully saturated rings. The second-order valence-electron chi connectivity index (χ2n) is 6.04. The topological polar surface area (TPSA) is 66.5 Å². The Morgan fingerprint density at radius 1 is 1.16 bits per heavy atom. The van der Waals surface area contributed by atoms with Crippen LogP contribution in [-0.4, -0.2) is 31.7 Å². The molecule has 1 aliphatic heterocycles. The molecule has 1 aliphatic rings. The molecule has 2 aromatic rings. The monoisotopic (exact) mass is 378 g/mol. The number of halogens is 1. The Balaban J connectivity index is 1.95. The standard InChI is InChI=1S/C18H19ClN2O3S/c1-13-4-2-3-5-16(13)17-18(22)20-10-11-21(17)25(23,24)12-14-6-8-15(19)9-7-14/h2-9,17H,10-12H2,1H3,(H,20,22). The molecule has 0 aromatic heterocycles. The molecule has 5 nitrogen and oxygen atoms in total. The lowest BCUT2D eigenvalue weighted by atomic mass is 9.99. The molecule has 0 bridgehead atoms. The molecule has 7 heteroatoms. The summed E-state index contributed by atoms with van der Waals surface area (Å²) in [6.07, 6.45) is 0. The Hall–Kier alpha value is -1.89. The minimum atomic E-state index is -3.67. The number of nitrogens with zero attached hydrogens (tertiary/aromatic N) is 1. The van der Waals surface area contributed by atoms with E-state index in [0.29, 0.717) is 22.7 Å². The van der Waals surface area contributed by atoms with Crippen molar-refractivity contribution in [2.45, 2.75) is 18.7 Å². The van der Waals surface area contributed by atoms with Gasteiger partial charge in [0.2, 0.25) is 15.9 Å². The zero-order chi connectivity index (χ0) is 18.0. The van der Waals surface area contributed by atoms with Crippen molar-refractivity contribution in [2.75, 3.05) is 13.1 Å². The quantitative estimate of drug-likeness (QED) is 0.889. The summed E-state index contributed by atoms with van der Waals surface area (Å²) in [5, 5.41) is 3.32. The number of carbonyl (C=O) groups excluding carboxylic acids is 1. The summed E-state index contributed by atoms with van der Waals surface area (Å²) in [6.45, 7) is 2.43. The second-order valence-corrected chi connectivity index (χ2v) is 8.40. The average Bonchev–Trinajstić information content (AvgIpc) is 2.57. The van der Waals surface area contributed by atoms with Crippen LogP contribution >= 0.6 is 11.6 Å². The molecule has 2 aromatic carbocycles. The van der Waals surface area contributed by atoms with Crippen molar-refractivity contribution in [3.05, 3.63) is 70.2 Å². The predicted octanol–water partition coefficient (Wildman–Crippen LogP) is 2.65. The first-order valence-electron chi connectivity index (χ1n) is 7.96. The zero-order valence-corrected chi connectivity index (χ0v) is 15.3. The van der Waals surface area contributed by atoms with Gasteiger partial charge in [0, 0.05) is 18.1 Å². The predicted molar refractivity (Wildman–Crippen MR) is 97.7 cm³/mol. The molecule has 1 amide bonds. The van der Waals surface area contributed by atoms with E-state index in [0.717, 1.165) is 5.56 Å². The number of piperazine rings is 1. The number of nitrogens with one attached hydrogen (secondary N) is 1. The van der Waals surface area contributed by atoms with Crippen LogP contribution in [0.25, 0.3) is 0 Å². The van der Waals surface area contributed by atoms with Gasteiger partial charge in [-0.3, -0.25) is 4.79 Å². The molecule has 1 unspecified atom stereocenters. The Kier molecular flexibility index (Phi) is 5.13. The summed E-state index contributed by atoms with van der Waals surface area (Å²) in [5.74, 6) is -0.458. The lowest BCUT2D eigenvalue weighted by Gasteiger charge is -2.35. The van der Waals surface area contributed by atoms with E-state index >= 15 is 0 Å². The summed E-state index contributed by atoms with van der Waals surface area (Å²) in [5.41, 5.74) is 2.23. The first kappa shape index (κ1) is 17.9. The molecular weight excluding hydrogens is 360 g/mol. The SMILES string of the molecule is Cc1ccccc1C1C(=O)NCCN1S(=O)(=O)Cc1ccc(Cl)cc1. The van der Waals surface area contributed by atoms with Gasteiger partial charge in [-0.15, -0.1) is 0 Å². The van der Waals surface area contributed by atoms with E-state index in [1.807, 2.05) is 25.1 Å². The van der Waals surface area contributed by atoms with Gasteiger partial charge in [-0.1, -0.05) is 48.0 Å². The minimum absolute atomic E-state index is 0.167. The van der Waals surface area contributed by atoms with Gasteiger partial charge in [-0.05, 0) is 35.7 Å². The molecule has 0 saturated carbocycles. The fraction of sp³-hybridized carbons (Fsp3) is 0.278. The number of rotatable bonds is 4. The van der Waals surface area contributed by atoms with Crippen molar-refractivity contribution in [3.63, 3.8) is 0 Å². The van der Waals surface area contributed by atoms with E-state index in [4.69, 9.17) is 11.6 Å². The van der Waals surface area contributed by atoms with Gasteiger partial charge in [0.15, 0.2) is 0 Å². The van der Waals surface area contributed by atoms with Crippen molar-refractivity contribution >= 4 is 27.5 Å². The van der Waals surface area contributed by atoms with Crippen LogP contribution in [0.1, 0.15) is 22.7 Å². The van der Waals surface area contributed by atoms with Crippen LogP contribution in [0.2, 0.25) is 5.02 Å². The largest absolute Gasteiger partial charge is 0.353 e. The summed E-state index contributed by atoms with van der Waals surface area (Å²) >= 11 is 5.86. The molecule has 1 saturated heterocycles. The third-order valence-corrected chi connectivity index (χ3v) is 6.33. The van der Waals surface area contributed by atoms with Crippen LogP contribution in [0.15, 0.2) is 48.5 Å². The summed E-state index contributed by atoms with van der Waals surface area (Å²) in [7, 11) is -3.67. The van der Waals surface area contributed by atoms with E-state index in [1.54, 1.807) is 30.3 Å². The molecule has 0 radical (unpaired) electrons. The first-order valence-corrected chi connectivity index (χ1v) is 9.94. The fourth-order valence-electron chi connectivity index (χ4n) is 3.01. The van der Waals surface area contributed by atoms with Crippen LogP contribution in [-0.2, 0) is 20.6 Å². The summed E-state index contributed by atoms with van der Waals surface area (Å²) < 4.78 is 27.3. The highest BCUT2D eigenvalue weighted by Gasteiger charge is 2.39. The van der Waals surface area contributed by atoms with E-state index in [1.165, 1.54) is 4.31 Å². The average molecular weight is 379 g/mol. The van der Waals surface area contributed by atoms with Crippen molar-refractivity contribution in [2.24, 2.45) is 0 Å². The van der Waals surface area contributed by atoms with Gasteiger partial charge < -0.3 is 5.32 Å². The van der Waals surface area contributed by atoms with E-state index < -0.39 is 16.1 Å². The van der Waals surface area contributed by atoms with Gasteiger partial charge in [0.1, 0.15) is 6.04 Å². The Bertz CT molecular complexity index is 881. The molecule has 1 N–H and O–H groups in total. The number of sulfonamides is 1. The molecule has 0 spiro atoms. The van der Waals surface area contributed by atoms with Crippen LogP contribution in [0.5, 0.6) is 0 Å². The smallest absolute Gasteiger partial charge is 0.243 e. The summed E-state index contributed by atoms with van der Waals surface area (Å²) in [6, 6.07) is 13.2. The van der Waals surface area contributed by atoms with Crippen molar-refractivity contribution in [1.29, 1.82) is 0 Å². The van der Waals surface area contributed by atoms with Crippen molar-refractivity contribution in [3.8, 4) is 0 Å². The highest BCUT2D eigenvalue weighted by Crippen LogP contribution is 2.29. The second kappa shape index (κ2) is 7.15. The zero-order valence-electron chi connectivity index (χ0n) is 13.8. The highest BCUT2D eigenvalue weighted by molar-refractivity contribution is 7.88. The highest BCUT2D eigenvalue weighted by atomic mass is 35.5. The molecule has 0 aliphatic carbocycles. The molecule has 1 atom stereocenters. The van der Waals surface area contributed by atoms with E-state index in [-0.39, 0.29) is 18.2 Å². The van der Waals surface area contributed by atoms with Crippen LogP contribution in [0.4, 0.5) is 0 Å². The number of carbonyl (C=O) groups is 1. The first-order chi connectivity index (χ1) is 11.9. The van der Waals surface area contributed by atoms with Gasteiger partial charge in [-0.2, -0.15) is 4.31 Å². The Labute approximate surface area is 152 Å². The lowest BCUT2D eigenvalue weighted by molar-refractivity contribution is -0.126. The fourth-order valence-corrected chi connectivity index (χ4v) is 4.82. The number of hydrogen-bond acceptors (Lipinski definition) is 3. The van der Waals surface area contributed by atoms with Crippen LogP contribution < -0.4 is 5.32 Å². The Morgan fingerprint density at radius 2 is 1.84 bits per heavy atom. The van der Waals surface area contributed by atoms with Gasteiger partial charge in [0.25, 0.3) is 0 Å². The van der Waals surface area contributed by atoms with Gasteiger partial charge in [0.05, 0.1) is 5.75 Å². The van der Waals surface area contributed by atoms with Crippen LogP contribution in [0, 0.1) is 6.92 Å². The maximum absolute atomic E-state index is 13.0. The van der Waals surface area contributed by atoms with Crippen molar-refractivity contribution in [1.82, 2.24) is 9.62 Å². The molecule has 3 rings (SSSR count). The lowest BCUT2D eigenvalue weighted by Crippen LogP contribution is -2.52. The number of benzene rings is 2. The Morgan fingerprint density at radius 3 is 2.52 bits per heavy atom. The number of hydrogen-bond donors (Lipinski definition) is 1. The number of amides is 1. The normalized spacial score (nSPS) is 18.8. The summed E-state index contributed by atoms with van der Waals surface area (Å²) in [4.78, 5) is 12.5. The van der Waals surface area contributed by atoms with E-state index in [2.05, 4.69) is 5.32 Å². The van der Waals surface area contributed by atoms with Crippen LogP contribution in [0.3, 0.4) is 0 Å². The molecule has 25 heavy (non-hydrogen) atoms. The third-order valence-electron chi connectivity index (χ3n) is 4.27. The van der Waals surface area contributed by atoms with Crippen molar-refractivity contribution < 1.29 is 13.2 Å². The van der Waals surface area contributed by atoms with Gasteiger partial charge >= 0.3 is 0 Å². The molecule has 132 valence electrons. The van der Waals surface area contributed by atoms with Gasteiger partial charge in [-0.25, -0.2) is 8.42 Å². The molecule has 1 heterocycles. The minimum Gasteiger partial charge on any atom is -0.353 e. The maximum Gasteiger partial charge on any atom is 0.243 e.